The lowest BCUT2D eigenvalue weighted by atomic mass is 10.3. The Kier molecular flexibility index (Phi) is 3.44. The van der Waals surface area contributed by atoms with Gasteiger partial charge in [0.05, 0.1) is 6.54 Å². The SMILES string of the molecule is CC(=CC(=O)O)Cn1c(=O)ccn(C)c1=O. The fraction of sp³-hybridized carbons (Fsp3) is 0.300. The molecular weight excluding hydrogens is 212 g/mol. The van der Waals surface area contributed by atoms with Crippen molar-refractivity contribution in [3.63, 3.8) is 0 Å². The minimum absolute atomic E-state index is 0.0152. The lowest BCUT2D eigenvalue weighted by Gasteiger charge is -2.05. The van der Waals surface area contributed by atoms with E-state index in [1.165, 1.54) is 23.9 Å². The van der Waals surface area contributed by atoms with Crippen LogP contribution >= 0.6 is 0 Å². The normalized spacial score (nSPS) is 11.5. The number of carbonyl (C=O) groups is 1. The molecular formula is C10H12N2O4. The zero-order chi connectivity index (χ0) is 12.3. The zero-order valence-corrected chi connectivity index (χ0v) is 9.01. The van der Waals surface area contributed by atoms with Gasteiger partial charge in [0, 0.05) is 25.4 Å². The molecule has 0 spiro atoms. The summed E-state index contributed by atoms with van der Waals surface area (Å²) in [5.41, 5.74) is -0.482. The summed E-state index contributed by atoms with van der Waals surface area (Å²) >= 11 is 0. The van der Waals surface area contributed by atoms with Gasteiger partial charge in [0.2, 0.25) is 0 Å². The molecule has 16 heavy (non-hydrogen) atoms. The molecule has 0 bridgehead atoms. The van der Waals surface area contributed by atoms with E-state index in [4.69, 9.17) is 5.11 Å². The topological polar surface area (TPSA) is 81.3 Å². The Morgan fingerprint density at radius 1 is 1.50 bits per heavy atom. The quantitative estimate of drug-likeness (QED) is 0.707. The first-order valence-corrected chi connectivity index (χ1v) is 4.58. The van der Waals surface area contributed by atoms with Crippen LogP contribution < -0.4 is 11.2 Å². The summed E-state index contributed by atoms with van der Waals surface area (Å²) in [4.78, 5) is 33.3. The highest BCUT2D eigenvalue weighted by molar-refractivity contribution is 5.80. The van der Waals surface area contributed by atoms with E-state index in [9.17, 15) is 14.4 Å². The van der Waals surface area contributed by atoms with Crippen molar-refractivity contribution in [2.24, 2.45) is 7.05 Å². The molecule has 0 saturated heterocycles. The average Bonchev–Trinajstić information content (AvgIpc) is 2.17. The number of aromatic nitrogens is 2. The van der Waals surface area contributed by atoms with Crippen molar-refractivity contribution in [3.05, 3.63) is 44.8 Å². The second kappa shape index (κ2) is 4.61. The molecule has 1 N–H and O–H groups in total. The fourth-order valence-electron chi connectivity index (χ4n) is 1.27. The van der Waals surface area contributed by atoms with Gasteiger partial charge in [0.1, 0.15) is 0 Å². The van der Waals surface area contributed by atoms with E-state index < -0.39 is 17.2 Å². The summed E-state index contributed by atoms with van der Waals surface area (Å²) in [5.74, 6) is -1.10. The lowest BCUT2D eigenvalue weighted by molar-refractivity contribution is -0.131. The number of carboxylic acids is 1. The Labute approximate surface area is 91.1 Å². The highest BCUT2D eigenvalue weighted by Gasteiger charge is 2.04. The van der Waals surface area contributed by atoms with Gasteiger partial charge in [0.15, 0.2) is 0 Å². The summed E-state index contributed by atoms with van der Waals surface area (Å²) in [7, 11) is 1.52. The number of aryl methyl sites for hydroxylation is 1. The van der Waals surface area contributed by atoms with Crippen LogP contribution in [-0.2, 0) is 18.4 Å². The molecule has 86 valence electrons. The lowest BCUT2D eigenvalue weighted by Crippen LogP contribution is -2.38. The first kappa shape index (κ1) is 12.0. The van der Waals surface area contributed by atoms with Crippen LogP contribution in [0.1, 0.15) is 6.92 Å². The van der Waals surface area contributed by atoms with Gasteiger partial charge >= 0.3 is 11.7 Å². The highest BCUT2D eigenvalue weighted by atomic mass is 16.4. The van der Waals surface area contributed by atoms with Crippen LogP contribution in [0.15, 0.2) is 33.5 Å². The van der Waals surface area contributed by atoms with E-state index in [1.807, 2.05) is 0 Å². The maximum absolute atomic E-state index is 11.6. The second-order valence-electron chi connectivity index (χ2n) is 3.46. The average molecular weight is 224 g/mol. The van der Waals surface area contributed by atoms with Crippen LogP contribution in [0.2, 0.25) is 0 Å². The predicted molar refractivity (Wildman–Crippen MR) is 57.3 cm³/mol. The fourth-order valence-corrected chi connectivity index (χ4v) is 1.27. The molecule has 0 fully saturated rings. The van der Waals surface area contributed by atoms with Crippen molar-refractivity contribution in [2.45, 2.75) is 13.5 Å². The zero-order valence-electron chi connectivity index (χ0n) is 9.01. The number of nitrogens with zero attached hydrogens (tertiary/aromatic N) is 2. The number of aliphatic carboxylic acids is 1. The van der Waals surface area contributed by atoms with Crippen molar-refractivity contribution < 1.29 is 9.90 Å². The van der Waals surface area contributed by atoms with Crippen molar-refractivity contribution in [1.29, 1.82) is 0 Å². The third-order valence-electron chi connectivity index (χ3n) is 2.02. The molecule has 6 heteroatoms. The largest absolute Gasteiger partial charge is 0.478 e. The first-order chi connectivity index (χ1) is 7.41. The molecule has 1 rings (SSSR count). The first-order valence-electron chi connectivity index (χ1n) is 4.58. The monoisotopic (exact) mass is 224 g/mol. The van der Waals surface area contributed by atoms with Gasteiger partial charge in [-0.3, -0.25) is 9.36 Å². The molecule has 0 aliphatic heterocycles. The molecule has 0 atom stereocenters. The number of hydrogen-bond donors (Lipinski definition) is 1. The van der Waals surface area contributed by atoms with Gasteiger partial charge in [-0.05, 0) is 12.5 Å². The predicted octanol–water partition coefficient (Wildman–Crippen LogP) is -0.422. The molecule has 1 aromatic rings. The summed E-state index contributed by atoms with van der Waals surface area (Å²) in [6.07, 6.45) is 2.34. The van der Waals surface area contributed by atoms with E-state index in [-0.39, 0.29) is 6.54 Å². The van der Waals surface area contributed by atoms with Crippen LogP contribution in [0.3, 0.4) is 0 Å². The molecule has 0 unspecified atom stereocenters. The number of hydrogen-bond acceptors (Lipinski definition) is 3. The third kappa shape index (κ3) is 2.69. The maximum atomic E-state index is 11.6. The summed E-state index contributed by atoms with van der Waals surface area (Å²) < 4.78 is 2.24. The molecule has 0 aliphatic carbocycles. The van der Waals surface area contributed by atoms with Gasteiger partial charge in [-0.2, -0.15) is 0 Å². The van der Waals surface area contributed by atoms with E-state index in [1.54, 1.807) is 6.92 Å². The number of carboxylic acid groups (broad SMARTS) is 1. The van der Waals surface area contributed by atoms with E-state index in [0.717, 1.165) is 10.6 Å². The Bertz CT molecular complexity index is 551. The van der Waals surface area contributed by atoms with Gasteiger partial charge in [-0.25, -0.2) is 9.59 Å². The Morgan fingerprint density at radius 2 is 2.12 bits per heavy atom. The van der Waals surface area contributed by atoms with E-state index >= 15 is 0 Å². The Hall–Kier alpha value is -2.11. The minimum Gasteiger partial charge on any atom is -0.478 e. The molecule has 0 amide bonds. The van der Waals surface area contributed by atoms with Crippen molar-refractivity contribution in [1.82, 2.24) is 9.13 Å². The molecule has 1 aromatic heterocycles. The molecule has 0 saturated carbocycles. The maximum Gasteiger partial charge on any atom is 0.331 e. The number of rotatable bonds is 3. The molecule has 0 aliphatic rings. The van der Waals surface area contributed by atoms with Gasteiger partial charge < -0.3 is 9.67 Å². The van der Waals surface area contributed by atoms with Gasteiger partial charge in [-0.15, -0.1) is 0 Å². The van der Waals surface area contributed by atoms with Crippen molar-refractivity contribution >= 4 is 5.97 Å². The molecule has 6 nitrogen and oxygen atoms in total. The standard InChI is InChI=1S/C10H12N2O4/c1-7(5-9(14)15)6-12-8(13)3-4-11(2)10(12)16/h3-5H,6H2,1-2H3,(H,14,15). The van der Waals surface area contributed by atoms with Gasteiger partial charge in [0.25, 0.3) is 5.56 Å². The number of allylic oxidation sites excluding steroid dienone is 1. The second-order valence-corrected chi connectivity index (χ2v) is 3.46. The van der Waals surface area contributed by atoms with Gasteiger partial charge in [-0.1, -0.05) is 0 Å². The minimum atomic E-state index is -1.10. The van der Waals surface area contributed by atoms with Crippen LogP contribution in [-0.4, -0.2) is 20.2 Å². The smallest absolute Gasteiger partial charge is 0.331 e. The Morgan fingerprint density at radius 3 is 2.69 bits per heavy atom. The van der Waals surface area contributed by atoms with Crippen LogP contribution in [0.4, 0.5) is 0 Å². The third-order valence-corrected chi connectivity index (χ3v) is 2.02. The molecule has 0 aromatic carbocycles. The van der Waals surface area contributed by atoms with Crippen molar-refractivity contribution in [3.8, 4) is 0 Å². The van der Waals surface area contributed by atoms with Crippen LogP contribution in [0, 0.1) is 0 Å². The van der Waals surface area contributed by atoms with Crippen molar-refractivity contribution in [2.75, 3.05) is 0 Å². The highest BCUT2D eigenvalue weighted by Crippen LogP contribution is 1.93. The summed E-state index contributed by atoms with van der Waals surface area (Å²) in [5, 5.41) is 8.51. The molecule has 1 heterocycles. The van der Waals surface area contributed by atoms with E-state index in [2.05, 4.69) is 0 Å². The van der Waals surface area contributed by atoms with Crippen LogP contribution in [0.5, 0.6) is 0 Å². The summed E-state index contributed by atoms with van der Waals surface area (Å²) in [6, 6.07) is 1.26. The van der Waals surface area contributed by atoms with E-state index in [0.29, 0.717) is 5.57 Å². The Balaban J connectivity index is 3.17. The molecule has 0 radical (unpaired) electrons. The van der Waals surface area contributed by atoms with Crippen LogP contribution in [0.25, 0.3) is 0 Å². The summed E-state index contributed by atoms with van der Waals surface area (Å²) in [6.45, 7) is 1.53.